The molecule has 3 rings (SSSR count). The largest absolute Gasteiger partial charge is 0.481 e. The number of aromatic nitrogens is 2. The van der Waals surface area contributed by atoms with Crippen LogP contribution in [0.1, 0.15) is 55.5 Å². The van der Waals surface area contributed by atoms with E-state index in [1.54, 1.807) is 4.90 Å². The van der Waals surface area contributed by atoms with Crippen molar-refractivity contribution in [1.82, 2.24) is 15.1 Å². The van der Waals surface area contributed by atoms with Crippen LogP contribution in [0.25, 0.3) is 0 Å². The van der Waals surface area contributed by atoms with Gasteiger partial charge in [-0.25, -0.2) is 0 Å². The molecule has 132 valence electrons. The zero-order chi connectivity index (χ0) is 17.3. The number of amides is 1. The molecule has 2 aliphatic rings. The fraction of sp³-hybridized carbons (Fsp3) is 0.722. The minimum atomic E-state index is -0.731. The van der Waals surface area contributed by atoms with Crippen LogP contribution in [0.15, 0.2) is 0 Å². The topological polar surface area (TPSA) is 86.3 Å². The first kappa shape index (κ1) is 17.0. The van der Waals surface area contributed by atoms with E-state index in [1.807, 2.05) is 13.8 Å². The van der Waals surface area contributed by atoms with Crippen molar-refractivity contribution in [3.8, 4) is 0 Å². The van der Waals surface area contributed by atoms with Gasteiger partial charge >= 0.3 is 5.97 Å². The van der Waals surface area contributed by atoms with Crippen LogP contribution in [0.5, 0.6) is 0 Å². The predicted octanol–water partition coefficient (Wildman–Crippen LogP) is 2.45. The van der Waals surface area contributed by atoms with Gasteiger partial charge in [0.15, 0.2) is 0 Å². The van der Waals surface area contributed by atoms with Crippen LogP contribution in [0, 0.1) is 25.2 Å². The summed E-state index contributed by atoms with van der Waals surface area (Å²) in [5, 5.41) is 17.0. The van der Waals surface area contributed by atoms with Crippen LogP contribution in [0.3, 0.4) is 0 Å². The van der Waals surface area contributed by atoms with E-state index in [0.717, 1.165) is 42.6 Å². The average Bonchev–Trinajstić information content (AvgIpc) is 3.31. The highest BCUT2D eigenvalue weighted by molar-refractivity contribution is 5.80. The van der Waals surface area contributed by atoms with Gasteiger partial charge in [-0.05, 0) is 44.6 Å². The second-order valence-electron chi connectivity index (χ2n) is 7.57. The van der Waals surface area contributed by atoms with E-state index in [2.05, 4.69) is 10.2 Å². The Balaban J connectivity index is 1.61. The summed E-state index contributed by atoms with van der Waals surface area (Å²) in [5.41, 5.74) is 2.34. The Bertz CT molecular complexity index is 635. The number of likely N-dealkylation sites (tertiary alicyclic amines) is 1. The second kappa shape index (κ2) is 6.57. The van der Waals surface area contributed by atoms with Crippen LogP contribution in [-0.4, -0.2) is 45.2 Å². The third-order valence-corrected chi connectivity index (χ3v) is 5.69. The van der Waals surface area contributed by atoms with Crippen LogP contribution in [0.4, 0.5) is 0 Å². The van der Waals surface area contributed by atoms with Crippen LogP contribution in [0.2, 0.25) is 0 Å². The highest BCUT2D eigenvalue weighted by atomic mass is 16.4. The summed E-state index contributed by atoms with van der Waals surface area (Å²) in [6, 6.07) is 0. The summed E-state index contributed by atoms with van der Waals surface area (Å²) < 4.78 is 0. The lowest BCUT2D eigenvalue weighted by Gasteiger charge is -2.40. The van der Waals surface area contributed by atoms with E-state index in [4.69, 9.17) is 0 Å². The van der Waals surface area contributed by atoms with Gasteiger partial charge in [0, 0.05) is 31.6 Å². The summed E-state index contributed by atoms with van der Waals surface area (Å²) in [5.74, 6) is -0.132. The average molecular weight is 333 g/mol. The maximum atomic E-state index is 12.6. The third kappa shape index (κ3) is 3.47. The first-order valence-corrected chi connectivity index (χ1v) is 8.93. The number of hydrogen-bond donors (Lipinski definition) is 2. The van der Waals surface area contributed by atoms with E-state index in [1.165, 1.54) is 0 Å². The fourth-order valence-electron chi connectivity index (χ4n) is 3.81. The van der Waals surface area contributed by atoms with Crippen LogP contribution >= 0.6 is 0 Å². The second-order valence-corrected chi connectivity index (χ2v) is 7.57. The molecule has 2 heterocycles. The number of nitrogens with one attached hydrogen (secondary N) is 1. The molecule has 0 spiro atoms. The number of hydrogen-bond acceptors (Lipinski definition) is 3. The van der Waals surface area contributed by atoms with E-state index in [-0.39, 0.29) is 5.91 Å². The number of H-pyrrole nitrogens is 1. The van der Waals surface area contributed by atoms with Gasteiger partial charge in [-0.15, -0.1) is 0 Å². The Morgan fingerprint density at radius 1 is 1.38 bits per heavy atom. The standard InChI is InChI=1S/C18H27N3O3/c1-12-13(2)19-20-15(12)6-7-16(22)21-9-3-8-18(11-21,17(23)24)10-14-4-5-14/h14H,3-11H2,1-2H3,(H,19,20)(H,23,24)/t18-/m1/s1. The van der Waals surface area contributed by atoms with Crippen molar-refractivity contribution in [2.24, 2.45) is 11.3 Å². The molecule has 1 atom stereocenters. The molecule has 0 bridgehead atoms. The normalized spacial score (nSPS) is 24.2. The summed E-state index contributed by atoms with van der Waals surface area (Å²) in [7, 11) is 0. The summed E-state index contributed by atoms with van der Waals surface area (Å²) in [4.78, 5) is 26.3. The van der Waals surface area contributed by atoms with E-state index in [9.17, 15) is 14.7 Å². The van der Waals surface area contributed by atoms with Gasteiger partial charge in [0.25, 0.3) is 0 Å². The molecular weight excluding hydrogens is 306 g/mol. The molecule has 1 aromatic heterocycles. The Hall–Kier alpha value is -1.85. The molecule has 6 heteroatoms. The number of carboxylic acids is 1. The summed E-state index contributed by atoms with van der Waals surface area (Å²) in [6.07, 6.45) is 5.48. The molecule has 1 aliphatic heterocycles. The number of aliphatic carboxylic acids is 1. The quantitative estimate of drug-likeness (QED) is 0.837. The zero-order valence-corrected chi connectivity index (χ0v) is 14.6. The van der Waals surface area contributed by atoms with Gasteiger partial charge < -0.3 is 10.0 Å². The highest BCUT2D eigenvalue weighted by Crippen LogP contribution is 2.45. The fourth-order valence-corrected chi connectivity index (χ4v) is 3.81. The van der Waals surface area contributed by atoms with Crippen molar-refractivity contribution >= 4 is 11.9 Å². The van der Waals surface area contributed by atoms with Crippen molar-refractivity contribution < 1.29 is 14.7 Å². The molecule has 2 N–H and O–H groups in total. The summed E-state index contributed by atoms with van der Waals surface area (Å²) in [6.45, 7) is 5.02. The first-order chi connectivity index (χ1) is 11.4. The lowest BCUT2D eigenvalue weighted by Crippen LogP contribution is -2.50. The zero-order valence-electron chi connectivity index (χ0n) is 14.6. The number of aryl methyl sites for hydroxylation is 2. The number of nitrogens with zero attached hydrogens (tertiary/aromatic N) is 2. The van der Waals surface area contributed by atoms with Gasteiger partial charge in [0.05, 0.1) is 11.1 Å². The number of piperidine rings is 1. The molecule has 0 unspecified atom stereocenters. The number of carbonyl (C=O) groups excluding carboxylic acids is 1. The molecule has 1 saturated carbocycles. The molecule has 0 aromatic carbocycles. The Morgan fingerprint density at radius 3 is 2.71 bits per heavy atom. The first-order valence-electron chi connectivity index (χ1n) is 8.93. The lowest BCUT2D eigenvalue weighted by atomic mass is 9.75. The molecule has 1 aliphatic carbocycles. The SMILES string of the molecule is Cc1[nH]nc(CCC(=O)N2CCC[C@](CC3CC3)(C(=O)O)C2)c1C. The van der Waals surface area contributed by atoms with Gasteiger partial charge in [0.1, 0.15) is 0 Å². The van der Waals surface area contributed by atoms with Gasteiger partial charge in [-0.1, -0.05) is 12.8 Å². The minimum absolute atomic E-state index is 0.0520. The number of carbonyl (C=O) groups is 2. The molecule has 24 heavy (non-hydrogen) atoms. The van der Waals surface area contributed by atoms with E-state index >= 15 is 0 Å². The van der Waals surface area contributed by atoms with Crippen LogP contribution in [-0.2, 0) is 16.0 Å². The van der Waals surface area contributed by atoms with E-state index in [0.29, 0.717) is 38.3 Å². The smallest absolute Gasteiger partial charge is 0.311 e. The Morgan fingerprint density at radius 2 is 2.12 bits per heavy atom. The van der Waals surface area contributed by atoms with Crippen LogP contribution < -0.4 is 0 Å². The third-order valence-electron chi connectivity index (χ3n) is 5.69. The van der Waals surface area contributed by atoms with Gasteiger partial charge in [0.2, 0.25) is 5.91 Å². The monoisotopic (exact) mass is 333 g/mol. The lowest BCUT2D eigenvalue weighted by molar-refractivity contribution is -0.156. The molecular formula is C18H27N3O3. The number of aromatic amines is 1. The maximum absolute atomic E-state index is 12.6. The minimum Gasteiger partial charge on any atom is -0.481 e. The number of carboxylic acid groups (broad SMARTS) is 1. The highest BCUT2D eigenvalue weighted by Gasteiger charge is 2.46. The van der Waals surface area contributed by atoms with Crippen molar-refractivity contribution in [2.45, 2.75) is 58.8 Å². The van der Waals surface area contributed by atoms with E-state index < -0.39 is 11.4 Å². The molecule has 2 fully saturated rings. The maximum Gasteiger partial charge on any atom is 0.311 e. The van der Waals surface area contributed by atoms with Gasteiger partial charge in [-0.3, -0.25) is 14.7 Å². The molecule has 0 radical (unpaired) electrons. The molecule has 1 amide bonds. The van der Waals surface area contributed by atoms with Crippen molar-refractivity contribution in [3.63, 3.8) is 0 Å². The molecule has 6 nitrogen and oxygen atoms in total. The number of rotatable bonds is 6. The van der Waals surface area contributed by atoms with Crippen molar-refractivity contribution in [2.75, 3.05) is 13.1 Å². The van der Waals surface area contributed by atoms with Gasteiger partial charge in [-0.2, -0.15) is 5.10 Å². The Kier molecular flexibility index (Phi) is 4.65. The molecule has 1 aromatic rings. The van der Waals surface area contributed by atoms with Crippen molar-refractivity contribution in [3.05, 3.63) is 17.0 Å². The molecule has 1 saturated heterocycles. The van der Waals surface area contributed by atoms with Crippen molar-refractivity contribution in [1.29, 1.82) is 0 Å². The summed E-state index contributed by atoms with van der Waals surface area (Å²) >= 11 is 0. The Labute approximate surface area is 142 Å². The predicted molar refractivity (Wildman–Crippen MR) is 89.6 cm³/mol.